The molecule has 21 heavy (non-hydrogen) atoms. The highest BCUT2D eigenvalue weighted by Crippen LogP contribution is 2.23. The third kappa shape index (κ3) is 4.53. The van der Waals surface area contributed by atoms with Crippen LogP contribution in [0, 0.1) is 5.92 Å². The maximum atomic E-state index is 3.49. The molecule has 2 unspecified atom stereocenters. The van der Waals surface area contributed by atoms with Crippen molar-refractivity contribution in [2.75, 3.05) is 40.8 Å². The van der Waals surface area contributed by atoms with Crippen LogP contribution >= 0.6 is 0 Å². The van der Waals surface area contributed by atoms with E-state index in [4.69, 9.17) is 0 Å². The van der Waals surface area contributed by atoms with Crippen molar-refractivity contribution in [3.8, 4) is 0 Å². The highest BCUT2D eigenvalue weighted by molar-refractivity contribution is 5.20. The lowest BCUT2D eigenvalue weighted by molar-refractivity contribution is 0.139. The fraction of sp³-hybridized carbons (Fsp3) is 0.667. The highest BCUT2D eigenvalue weighted by Gasteiger charge is 2.24. The number of hydrogen-bond acceptors (Lipinski definition) is 3. The molecule has 1 heterocycles. The molecule has 0 radical (unpaired) electrons. The number of hydrogen-bond donors (Lipinski definition) is 1. The summed E-state index contributed by atoms with van der Waals surface area (Å²) in [5.41, 5.74) is 1.38. The molecule has 1 aromatic carbocycles. The average Bonchev–Trinajstić information content (AvgIpc) is 2.51. The molecule has 1 fully saturated rings. The summed E-state index contributed by atoms with van der Waals surface area (Å²) in [5.74, 6) is 0.849. The smallest absolute Gasteiger partial charge is 0.0472 e. The summed E-state index contributed by atoms with van der Waals surface area (Å²) in [7, 11) is 6.57. The van der Waals surface area contributed by atoms with Gasteiger partial charge < -0.3 is 15.1 Å². The summed E-state index contributed by atoms with van der Waals surface area (Å²) in [6.07, 6.45) is 2.67. The Morgan fingerprint density at radius 1 is 1.24 bits per heavy atom. The first-order valence-corrected chi connectivity index (χ1v) is 8.22. The van der Waals surface area contributed by atoms with Gasteiger partial charge in [-0.3, -0.25) is 0 Å². The first kappa shape index (κ1) is 16.5. The number of rotatable bonds is 6. The Kier molecular flexibility index (Phi) is 6.22. The standard InChI is InChI=1S/C18H31N3/c1-15(18(19-2)17-8-6-5-7-9-17)21(4)14-16-10-12-20(3)13-11-16/h5-9,15-16,18-19H,10-14H2,1-4H3. The van der Waals surface area contributed by atoms with E-state index < -0.39 is 0 Å². The lowest BCUT2D eigenvalue weighted by Gasteiger charge is -2.37. The monoisotopic (exact) mass is 289 g/mol. The van der Waals surface area contributed by atoms with E-state index in [9.17, 15) is 0 Å². The van der Waals surface area contributed by atoms with Gasteiger partial charge in [-0.1, -0.05) is 30.3 Å². The summed E-state index contributed by atoms with van der Waals surface area (Å²) in [6, 6.07) is 11.7. The summed E-state index contributed by atoms with van der Waals surface area (Å²) in [4.78, 5) is 4.98. The molecule has 0 spiro atoms. The van der Waals surface area contributed by atoms with Crippen molar-refractivity contribution in [3.63, 3.8) is 0 Å². The van der Waals surface area contributed by atoms with Gasteiger partial charge in [-0.05, 0) is 65.5 Å². The number of piperidine rings is 1. The van der Waals surface area contributed by atoms with Gasteiger partial charge in [0.1, 0.15) is 0 Å². The maximum Gasteiger partial charge on any atom is 0.0472 e. The SMILES string of the molecule is CNC(c1ccccc1)C(C)N(C)CC1CCN(C)CC1. The van der Waals surface area contributed by atoms with E-state index in [1.807, 2.05) is 0 Å². The van der Waals surface area contributed by atoms with Gasteiger partial charge in [0.25, 0.3) is 0 Å². The third-order valence-electron chi connectivity index (χ3n) is 5.03. The Morgan fingerprint density at radius 3 is 2.43 bits per heavy atom. The summed E-state index contributed by atoms with van der Waals surface area (Å²) in [5, 5.41) is 3.49. The molecule has 0 aliphatic carbocycles. The molecular formula is C18H31N3. The zero-order valence-electron chi connectivity index (χ0n) is 14.0. The quantitative estimate of drug-likeness (QED) is 0.868. The van der Waals surface area contributed by atoms with Gasteiger partial charge in [0.2, 0.25) is 0 Å². The van der Waals surface area contributed by atoms with E-state index in [0.717, 1.165) is 5.92 Å². The van der Waals surface area contributed by atoms with Crippen LogP contribution in [0.5, 0.6) is 0 Å². The fourth-order valence-corrected chi connectivity index (χ4v) is 3.42. The molecule has 1 aliphatic rings. The molecule has 0 bridgehead atoms. The predicted octanol–water partition coefficient (Wildman–Crippen LogP) is 2.61. The highest BCUT2D eigenvalue weighted by atomic mass is 15.2. The molecule has 1 aliphatic heterocycles. The average molecular weight is 289 g/mol. The van der Waals surface area contributed by atoms with E-state index in [2.05, 4.69) is 73.5 Å². The molecule has 3 heteroatoms. The first-order valence-electron chi connectivity index (χ1n) is 8.22. The second kappa shape index (κ2) is 7.92. The first-order chi connectivity index (χ1) is 10.1. The van der Waals surface area contributed by atoms with Gasteiger partial charge >= 0.3 is 0 Å². The Hall–Kier alpha value is -0.900. The van der Waals surface area contributed by atoms with Crippen molar-refractivity contribution in [2.45, 2.75) is 31.8 Å². The zero-order chi connectivity index (χ0) is 15.2. The normalized spacial score (nSPS) is 20.6. The van der Waals surface area contributed by atoms with Crippen LogP contribution in [0.25, 0.3) is 0 Å². The van der Waals surface area contributed by atoms with Crippen molar-refractivity contribution < 1.29 is 0 Å². The lowest BCUT2D eigenvalue weighted by Crippen LogP contribution is -2.43. The van der Waals surface area contributed by atoms with Crippen LogP contribution < -0.4 is 5.32 Å². The van der Waals surface area contributed by atoms with Gasteiger partial charge in [-0.25, -0.2) is 0 Å². The van der Waals surface area contributed by atoms with Crippen LogP contribution in [0.3, 0.4) is 0 Å². The van der Waals surface area contributed by atoms with E-state index in [0.29, 0.717) is 12.1 Å². The molecule has 1 N–H and O–H groups in total. The molecule has 1 aromatic rings. The van der Waals surface area contributed by atoms with Crippen LogP contribution in [-0.2, 0) is 0 Å². The van der Waals surface area contributed by atoms with Gasteiger partial charge in [-0.15, -0.1) is 0 Å². The third-order valence-corrected chi connectivity index (χ3v) is 5.03. The predicted molar refractivity (Wildman–Crippen MR) is 90.6 cm³/mol. The number of nitrogens with zero attached hydrogens (tertiary/aromatic N) is 2. The number of benzene rings is 1. The van der Waals surface area contributed by atoms with Crippen molar-refractivity contribution >= 4 is 0 Å². The van der Waals surface area contributed by atoms with Crippen molar-refractivity contribution in [1.29, 1.82) is 0 Å². The Bertz CT molecular complexity index is 398. The number of likely N-dealkylation sites (N-methyl/N-ethyl adjacent to an activating group) is 2. The van der Waals surface area contributed by atoms with Gasteiger partial charge in [-0.2, -0.15) is 0 Å². The van der Waals surface area contributed by atoms with E-state index in [1.165, 1.54) is 38.0 Å². The lowest BCUT2D eigenvalue weighted by atomic mass is 9.94. The molecule has 1 saturated heterocycles. The van der Waals surface area contributed by atoms with Gasteiger partial charge in [0, 0.05) is 18.6 Å². The molecule has 118 valence electrons. The van der Waals surface area contributed by atoms with E-state index in [-0.39, 0.29) is 0 Å². The minimum atomic E-state index is 0.391. The fourth-order valence-electron chi connectivity index (χ4n) is 3.42. The molecule has 0 saturated carbocycles. The minimum absolute atomic E-state index is 0.391. The van der Waals surface area contributed by atoms with E-state index >= 15 is 0 Å². The van der Waals surface area contributed by atoms with Gasteiger partial charge in [0.15, 0.2) is 0 Å². The molecule has 3 nitrogen and oxygen atoms in total. The van der Waals surface area contributed by atoms with Gasteiger partial charge in [0.05, 0.1) is 0 Å². The Labute approximate surface area is 130 Å². The molecular weight excluding hydrogens is 258 g/mol. The molecule has 2 atom stereocenters. The number of likely N-dealkylation sites (tertiary alicyclic amines) is 1. The second-order valence-electron chi connectivity index (χ2n) is 6.60. The second-order valence-corrected chi connectivity index (χ2v) is 6.60. The molecule has 0 amide bonds. The van der Waals surface area contributed by atoms with E-state index in [1.54, 1.807) is 0 Å². The zero-order valence-corrected chi connectivity index (χ0v) is 14.0. The van der Waals surface area contributed by atoms with Crippen LogP contribution in [0.2, 0.25) is 0 Å². The molecule has 0 aromatic heterocycles. The minimum Gasteiger partial charge on any atom is -0.312 e. The van der Waals surface area contributed by atoms with Crippen molar-refractivity contribution in [2.24, 2.45) is 5.92 Å². The summed E-state index contributed by atoms with van der Waals surface area (Å²) < 4.78 is 0. The Balaban J connectivity index is 1.92. The maximum absolute atomic E-state index is 3.49. The largest absolute Gasteiger partial charge is 0.312 e. The number of nitrogens with one attached hydrogen (secondary N) is 1. The van der Waals surface area contributed by atoms with Crippen LogP contribution in [0.15, 0.2) is 30.3 Å². The van der Waals surface area contributed by atoms with Crippen LogP contribution in [-0.4, -0.2) is 56.6 Å². The van der Waals surface area contributed by atoms with Crippen molar-refractivity contribution in [1.82, 2.24) is 15.1 Å². The van der Waals surface area contributed by atoms with Crippen molar-refractivity contribution in [3.05, 3.63) is 35.9 Å². The van der Waals surface area contributed by atoms with Crippen LogP contribution in [0.1, 0.15) is 31.4 Å². The molecule has 2 rings (SSSR count). The Morgan fingerprint density at radius 2 is 1.86 bits per heavy atom. The van der Waals surface area contributed by atoms with Crippen LogP contribution in [0.4, 0.5) is 0 Å². The summed E-state index contributed by atoms with van der Waals surface area (Å²) >= 11 is 0. The summed E-state index contributed by atoms with van der Waals surface area (Å²) in [6.45, 7) is 6.05. The topological polar surface area (TPSA) is 18.5 Å².